The second kappa shape index (κ2) is 4.66. The van der Waals surface area contributed by atoms with Crippen molar-refractivity contribution in [3.8, 4) is 0 Å². The average molecular weight is 193 g/mol. The number of hydrogen-bond acceptors (Lipinski definition) is 3. The van der Waals surface area contributed by atoms with Crippen LogP contribution in [0.25, 0.3) is 0 Å². The van der Waals surface area contributed by atoms with E-state index in [9.17, 15) is 5.11 Å². The van der Waals surface area contributed by atoms with E-state index in [2.05, 4.69) is 8.44 Å². The molecule has 2 nitrogen and oxygen atoms in total. The van der Waals surface area contributed by atoms with Crippen molar-refractivity contribution in [2.75, 3.05) is 6.54 Å². The largest absolute Gasteiger partial charge is 0.392 e. The van der Waals surface area contributed by atoms with Crippen molar-refractivity contribution in [3.63, 3.8) is 0 Å². The summed E-state index contributed by atoms with van der Waals surface area (Å²) in [5.41, 5.74) is 5.43. The Morgan fingerprint density at radius 3 is 2.73 bits per heavy atom. The average Bonchev–Trinajstić information content (AvgIpc) is 2.34. The van der Waals surface area contributed by atoms with Crippen LogP contribution in [0.2, 0.25) is 0 Å². The monoisotopic (exact) mass is 193 g/mol. The normalized spacial score (nSPS) is 37.9. The quantitative estimate of drug-likeness (QED) is 0.657. The van der Waals surface area contributed by atoms with Gasteiger partial charge in [0, 0.05) is 5.25 Å². The van der Waals surface area contributed by atoms with Crippen LogP contribution in [0.5, 0.6) is 0 Å². The fraction of sp³-hybridized carbons (Fsp3) is 1.00. The Hall–Kier alpha value is 0.700. The molecule has 1 saturated carbocycles. The van der Waals surface area contributed by atoms with E-state index in [0.717, 1.165) is 19.3 Å². The van der Waals surface area contributed by atoms with Gasteiger partial charge in [-0.1, -0.05) is 8.44 Å². The first-order valence-corrected chi connectivity index (χ1v) is 6.39. The van der Waals surface area contributed by atoms with Crippen molar-refractivity contribution in [2.24, 2.45) is 11.7 Å². The Morgan fingerprint density at radius 1 is 1.55 bits per heavy atom. The molecule has 0 amide bonds. The fourth-order valence-electron chi connectivity index (χ4n) is 1.70. The Bertz CT molecular complexity index is 125. The van der Waals surface area contributed by atoms with Crippen LogP contribution in [-0.2, 0) is 0 Å². The van der Waals surface area contributed by atoms with Gasteiger partial charge in [-0.3, -0.25) is 0 Å². The number of aliphatic hydroxyl groups excluding tert-OH is 1. The Balaban J connectivity index is 2.35. The van der Waals surface area contributed by atoms with Crippen LogP contribution < -0.4 is 5.73 Å². The first kappa shape index (κ1) is 9.79. The molecule has 1 rings (SSSR count). The lowest BCUT2D eigenvalue weighted by molar-refractivity contribution is 0.133. The molecule has 0 aromatic rings. The summed E-state index contributed by atoms with van der Waals surface area (Å²) in [6.07, 6.45) is 3.13. The zero-order chi connectivity index (χ0) is 8.27. The third-order valence-electron chi connectivity index (χ3n) is 2.40. The van der Waals surface area contributed by atoms with Crippen LogP contribution in [0, 0.1) is 5.92 Å². The molecule has 1 unspecified atom stereocenters. The molecule has 1 aliphatic rings. The summed E-state index contributed by atoms with van der Waals surface area (Å²) in [7, 11) is 2.62. The Morgan fingerprint density at radius 2 is 2.27 bits per heavy atom. The van der Waals surface area contributed by atoms with Gasteiger partial charge in [0.25, 0.3) is 0 Å². The molecular formula is C7H16NOPS. The molecule has 11 heavy (non-hydrogen) atoms. The molecule has 66 valence electrons. The van der Waals surface area contributed by atoms with Gasteiger partial charge in [-0.15, -0.1) is 11.4 Å². The lowest BCUT2D eigenvalue weighted by Crippen LogP contribution is -2.23. The highest BCUT2D eigenvalue weighted by molar-refractivity contribution is 8.44. The van der Waals surface area contributed by atoms with Gasteiger partial charge in [-0.2, -0.15) is 0 Å². The van der Waals surface area contributed by atoms with Crippen LogP contribution in [0.3, 0.4) is 0 Å². The second-order valence-corrected chi connectivity index (χ2v) is 4.77. The zero-order valence-corrected chi connectivity index (χ0v) is 8.54. The van der Waals surface area contributed by atoms with E-state index in [1.807, 2.05) is 0 Å². The van der Waals surface area contributed by atoms with Crippen LogP contribution in [0.1, 0.15) is 19.3 Å². The molecule has 4 atom stereocenters. The highest BCUT2D eigenvalue weighted by atomic mass is 32.7. The van der Waals surface area contributed by atoms with Crippen molar-refractivity contribution < 1.29 is 5.11 Å². The van der Waals surface area contributed by atoms with E-state index in [1.165, 1.54) is 0 Å². The van der Waals surface area contributed by atoms with E-state index in [1.54, 1.807) is 11.4 Å². The number of hydrogen-bond donors (Lipinski definition) is 2. The molecule has 0 radical (unpaired) electrons. The summed E-state index contributed by atoms with van der Waals surface area (Å²) < 4.78 is 0. The second-order valence-electron chi connectivity index (χ2n) is 3.08. The third-order valence-corrected chi connectivity index (χ3v) is 4.31. The maximum Gasteiger partial charge on any atom is 0.0690 e. The van der Waals surface area contributed by atoms with Gasteiger partial charge in [-0.05, 0) is 31.7 Å². The molecule has 0 bridgehead atoms. The Labute approximate surface area is 74.3 Å². The highest BCUT2D eigenvalue weighted by Crippen LogP contribution is 2.38. The smallest absolute Gasteiger partial charge is 0.0690 e. The minimum atomic E-state index is -0.124. The fourth-order valence-corrected chi connectivity index (χ4v) is 3.25. The van der Waals surface area contributed by atoms with Crippen molar-refractivity contribution in [1.82, 2.24) is 0 Å². The van der Waals surface area contributed by atoms with E-state index < -0.39 is 0 Å². The molecule has 0 spiro atoms. The summed E-state index contributed by atoms with van der Waals surface area (Å²) in [6, 6.07) is 0. The SMILES string of the molecule is NCC[C@@H]1CC[C@@H](SP)[C@@H]1O. The van der Waals surface area contributed by atoms with Gasteiger partial charge in [0.2, 0.25) is 0 Å². The Kier molecular flexibility index (Phi) is 4.14. The standard InChI is InChI=1S/C7H16NOPS/c8-4-3-5-1-2-6(11-10)7(5)9/h5-7,9H,1-4,8,10H2/t5-,6+,7+/m0/s1. The molecule has 0 saturated heterocycles. The van der Waals surface area contributed by atoms with E-state index >= 15 is 0 Å². The zero-order valence-electron chi connectivity index (χ0n) is 6.57. The third kappa shape index (κ3) is 2.32. The molecule has 0 aromatic heterocycles. The highest BCUT2D eigenvalue weighted by Gasteiger charge is 2.33. The van der Waals surface area contributed by atoms with Crippen molar-refractivity contribution >= 4 is 19.8 Å². The summed E-state index contributed by atoms with van der Waals surface area (Å²) >= 11 is 1.70. The number of rotatable bonds is 3. The predicted octanol–water partition coefficient (Wildman–Crippen LogP) is 0.998. The van der Waals surface area contributed by atoms with Crippen LogP contribution in [0.4, 0.5) is 0 Å². The molecule has 1 aliphatic carbocycles. The van der Waals surface area contributed by atoms with Gasteiger partial charge in [0.05, 0.1) is 6.10 Å². The van der Waals surface area contributed by atoms with Crippen molar-refractivity contribution in [1.29, 1.82) is 0 Å². The van der Waals surface area contributed by atoms with Crippen LogP contribution in [-0.4, -0.2) is 23.0 Å². The lowest BCUT2D eigenvalue weighted by atomic mass is 10.0. The van der Waals surface area contributed by atoms with Gasteiger partial charge >= 0.3 is 0 Å². The van der Waals surface area contributed by atoms with Gasteiger partial charge in [0.15, 0.2) is 0 Å². The number of aliphatic hydroxyl groups is 1. The van der Waals surface area contributed by atoms with Crippen LogP contribution >= 0.6 is 19.8 Å². The van der Waals surface area contributed by atoms with Gasteiger partial charge in [-0.25, -0.2) is 0 Å². The summed E-state index contributed by atoms with van der Waals surface area (Å²) in [4.78, 5) is 0. The minimum absolute atomic E-state index is 0.124. The lowest BCUT2D eigenvalue weighted by Gasteiger charge is -2.16. The van der Waals surface area contributed by atoms with E-state index in [0.29, 0.717) is 17.7 Å². The van der Waals surface area contributed by atoms with Crippen molar-refractivity contribution in [2.45, 2.75) is 30.6 Å². The first-order chi connectivity index (χ1) is 5.29. The maximum absolute atomic E-state index is 9.69. The predicted molar refractivity (Wildman–Crippen MR) is 53.5 cm³/mol. The molecule has 0 aromatic carbocycles. The number of nitrogens with two attached hydrogens (primary N) is 1. The van der Waals surface area contributed by atoms with Crippen molar-refractivity contribution in [3.05, 3.63) is 0 Å². The molecule has 3 N–H and O–H groups in total. The molecular weight excluding hydrogens is 177 g/mol. The topological polar surface area (TPSA) is 46.2 Å². The van der Waals surface area contributed by atoms with Gasteiger partial charge < -0.3 is 10.8 Å². The first-order valence-electron chi connectivity index (χ1n) is 4.03. The summed E-state index contributed by atoms with van der Waals surface area (Å²) in [6.45, 7) is 0.704. The maximum atomic E-state index is 9.69. The molecule has 0 aliphatic heterocycles. The van der Waals surface area contributed by atoms with Gasteiger partial charge in [0.1, 0.15) is 0 Å². The van der Waals surface area contributed by atoms with Crippen LogP contribution in [0.15, 0.2) is 0 Å². The molecule has 1 fully saturated rings. The minimum Gasteiger partial charge on any atom is -0.392 e. The molecule has 0 heterocycles. The van der Waals surface area contributed by atoms with E-state index in [-0.39, 0.29) is 6.10 Å². The van der Waals surface area contributed by atoms with E-state index in [4.69, 9.17) is 5.73 Å². The summed E-state index contributed by atoms with van der Waals surface area (Å²) in [5, 5.41) is 10.1. The molecule has 4 heteroatoms. The summed E-state index contributed by atoms with van der Waals surface area (Å²) in [5.74, 6) is 0.457.